The Bertz CT molecular complexity index is 1020. The summed E-state index contributed by atoms with van der Waals surface area (Å²) >= 11 is 5.31. The van der Waals surface area contributed by atoms with Gasteiger partial charge in [0.1, 0.15) is 4.64 Å². The predicted molar refractivity (Wildman–Crippen MR) is 87.7 cm³/mol. The molecule has 4 aromatic rings. The summed E-state index contributed by atoms with van der Waals surface area (Å²) in [5.41, 5.74) is 2.89. The molecule has 3 nitrogen and oxygen atoms in total. The number of pyridine rings is 1. The van der Waals surface area contributed by atoms with Gasteiger partial charge < -0.3 is 0 Å². The van der Waals surface area contributed by atoms with Crippen molar-refractivity contribution in [2.75, 3.05) is 0 Å². The van der Waals surface area contributed by atoms with Gasteiger partial charge in [0.15, 0.2) is 0 Å². The predicted octanol–water partition coefficient (Wildman–Crippen LogP) is 4.51. The first-order valence-electron chi connectivity index (χ1n) is 6.65. The highest BCUT2D eigenvalue weighted by atomic mass is 32.1. The Morgan fingerprint density at radius 2 is 1.76 bits per heavy atom. The van der Waals surface area contributed by atoms with Crippen molar-refractivity contribution in [3.05, 3.63) is 65.4 Å². The van der Waals surface area contributed by atoms with Gasteiger partial charge in [-0.2, -0.15) is 5.10 Å². The molecule has 21 heavy (non-hydrogen) atoms. The van der Waals surface area contributed by atoms with Crippen molar-refractivity contribution in [1.82, 2.24) is 15.2 Å². The normalized spacial score (nSPS) is 11.0. The molecule has 4 heteroatoms. The molecule has 100 valence electrons. The smallest absolute Gasteiger partial charge is 0.127 e. The molecule has 2 aromatic carbocycles. The molecule has 0 aliphatic rings. The van der Waals surface area contributed by atoms with E-state index in [2.05, 4.69) is 39.4 Å². The van der Waals surface area contributed by atoms with Gasteiger partial charge in [0, 0.05) is 27.9 Å². The fourth-order valence-corrected chi connectivity index (χ4v) is 2.77. The van der Waals surface area contributed by atoms with Gasteiger partial charge in [-0.3, -0.25) is 10.1 Å². The van der Waals surface area contributed by atoms with Crippen molar-refractivity contribution in [2.24, 2.45) is 0 Å². The van der Waals surface area contributed by atoms with E-state index in [1.807, 2.05) is 30.3 Å². The van der Waals surface area contributed by atoms with Crippen molar-refractivity contribution in [3.8, 4) is 11.3 Å². The Balaban J connectivity index is 2.04. The molecular weight excluding hydrogens is 278 g/mol. The van der Waals surface area contributed by atoms with E-state index >= 15 is 0 Å². The first kappa shape index (κ1) is 12.2. The number of hydrogen-bond acceptors (Lipinski definition) is 3. The highest BCUT2D eigenvalue weighted by molar-refractivity contribution is 7.71. The van der Waals surface area contributed by atoms with E-state index in [-0.39, 0.29) is 0 Å². The lowest BCUT2D eigenvalue weighted by Gasteiger charge is -2.06. The minimum absolute atomic E-state index is 0.660. The molecule has 0 saturated carbocycles. The maximum absolute atomic E-state index is 5.31. The first-order chi connectivity index (χ1) is 10.3. The molecule has 2 heterocycles. The second-order valence-electron chi connectivity index (χ2n) is 4.86. The molecule has 2 aromatic heterocycles. The zero-order chi connectivity index (χ0) is 14.2. The molecule has 0 aliphatic heterocycles. The third kappa shape index (κ3) is 2.00. The van der Waals surface area contributed by atoms with E-state index in [4.69, 9.17) is 12.2 Å². The summed E-state index contributed by atoms with van der Waals surface area (Å²) in [6, 6.07) is 18.2. The summed E-state index contributed by atoms with van der Waals surface area (Å²) in [4.78, 5) is 4.41. The Morgan fingerprint density at radius 1 is 0.905 bits per heavy atom. The lowest BCUT2D eigenvalue weighted by molar-refractivity contribution is 1.04. The molecule has 0 fully saturated rings. The highest BCUT2D eigenvalue weighted by Crippen LogP contribution is 2.28. The monoisotopic (exact) mass is 289 g/mol. The van der Waals surface area contributed by atoms with Crippen LogP contribution >= 0.6 is 12.2 Å². The number of nitrogens with one attached hydrogen (secondary N) is 1. The van der Waals surface area contributed by atoms with Gasteiger partial charge in [-0.1, -0.05) is 54.7 Å². The first-order valence-corrected chi connectivity index (χ1v) is 7.06. The van der Waals surface area contributed by atoms with Crippen LogP contribution in [0.15, 0.2) is 60.8 Å². The Morgan fingerprint density at radius 3 is 2.67 bits per heavy atom. The van der Waals surface area contributed by atoms with Crippen LogP contribution in [0.4, 0.5) is 0 Å². The molecule has 0 aliphatic carbocycles. The maximum atomic E-state index is 5.31. The van der Waals surface area contributed by atoms with E-state index < -0.39 is 0 Å². The SMILES string of the molecule is S=c1[nH]nc(-c2ccc3cccnc3c2)c2ccccc12. The number of H-pyrrole nitrogens is 1. The van der Waals surface area contributed by atoms with E-state index in [9.17, 15) is 0 Å². The van der Waals surface area contributed by atoms with Crippen LogP contribution in [0.3, 0.4) is 0 Å². The Hall–Kier alpha value is -2.59. The van der Waals surface area contributed by atoms with Crippen LogP contribution < -0.4 is 0 Å². The molecule has 4 rings (SSSR count). The maximum Gasteiger partial charge on any atom is 0.127 e. The second kappa shape index (κ2) is 4.75. The van der Waals surface area contributed by atoms with Gasteiger partial charge in [-0.15, -0.1) is 0 Å². The van der Waals surface area contributed by atoms with Crippen molar-refractivity contribution in [3.63, 3.8) is 0 Å². The Labute approximate surface area is 126 Å². The van der Waals surface area contributed by atoms with Gasteiger partial charge >= 0.3 is 0 Å². The quantitative estimate of drug-likeness (QED) is 0.524. The number of benzene rings is 2. The van der Waals surface area contributed by atoms with Gasteiger partial charge in [0.2, 0.25) is 0 Å². The second-order valence-corrected chi connectivity index (χ2v) is 5.27. The van der Waals surface area contributed by atoms with Crippen LogP contribution in [0.5, 0.6) is 0 Å². The topological polar surface area (TPSA) is 41.6 Å². The minimum atomic E-state index is 0.660. The van der Waals surface area contributed by atoms with Crippen LogP contribution in [0.1, 0.15) is 0 Å². The standard InChI is InChI=1S/C17H11N3S/c21-17-14-6-2-1-5-13(14)16(19-20-17)12-8-7-11-4-3-9-18-15(11)10-12/h1-10H,(H,20,21). The Kier molecular flexibility index (Phi) is 2.75. The van der Waals surface area contributed by atoms with Gasteiger partial charge in [-0.05, 0) is 12.1 Å². The van der Waals surface area contributed by atoms with E-state index in [1.54, 1.807) is 6.20 Å². The number of aromatic amines is 1. The number of rotatable bonds is 1. The van der Waals surface area contributed by atoms with Gasteiger partial charge in [0.05, 0.1) is 11.2 Å². The molecule has 1 N–H and O–H groups in total. The van der Waals surface area contributed by atoms with Crippen molar-refractivity contribution in [2.45, 2.75) is 0 Å². The van der Waals surface area contributed by atoms with Crippen LogP contribution in [0.2, 0.25) is 0 Å². The van der Waals surface area contributed by atoms with Crippen LogP contribution in [-0.2, 0) is 0 Å². The van der Waals surface area contributed by atoms with E-state index in [0.29, 0.717) is 4.64 Å². The number of aromatic nitrogens is 3. The largest absolute Gasteiger partial charge is 0.267 e. The molecule has 0 unspecified atom stereocenters. The molecule has 0 saturated heterocycles. The third-order valence-electron chi connectivity index (χ3n) is 3.58. The molecule has 0 amide bonds. The van der Waals surface area contributed by atoms with Crippen molar-refractivity contribution in [1.29, 1.82) is 0 Å². The van der Waals surface area contributed by atoms with Crippen LogP contribution in [-0.4, -0.2) is 15.2 Å². The third-order valence-corrected chi connectivity index (χ3v) is 3.89. The molecule has 0 radical (unpaired) electrons. The number of hydrogen-bond donors (Lipinski definition) is 1. The lowest BCUT2D eigenvalue weighted by atomic mass is 10.0. The van der Waals surface area contributed by atoms with Crippen molar-refractivity contribution >= 4 is 33.9 Å². The lowest BCUT2D eigenvalue weighted by Crippen LogP contribution is -1.91. The average Bonchev–Trinajstić information content (AvgIpc) is 2.55. The van der Waals surface area contributed by atoms with Gasteiger partial charge in [-0.25, -0.2) is 0 Å². The molecule has 0 spiro atoms. The summed E-state index contributed by atoms with van der Waals surface area (Å²) in [6.45, 7) is 0. The fourth-order valence-electron chi connectivity index (χ4n) is 2.55. The molecular formula is C17H11N3S. The van der Waals surface area contributed by atoms with Crippen LogP contribution in [0, 0.1) is 4.64 Å². The van der Waals surface area contributed by atoms with E-state index in [1.165, 1.54) is 0 Å². The zero-order valence-corrected chi connectivity index (χ0v) is 11.9. The number of fused-ring (bicyclic) bond motifs is 2. The van der Waals surface area contributed by atoms with Crippen LogP contribution in [0.25, 0.3) is 32.9 Å². The summed E-state index contributed by atoms with van der Waals surface area (Å²) in [5.74, 6) is 0. The van der Waals surface area contributed by atoms with Crippen molar-refractivity contribution < 1.29 is 0 Å². The summed E-state index contributed by atoms with van der Waals surface area (Å²) < 4.78 is 0.660. The zero-order valence-electron chi connectivity index (χ0n) is 11.1. The van der Waals surface area contributed by atoms with E-state index in [0.717, 1.165) is 32.9 Å². The minimum Gasteiger partial charge on any atom is -0.267 e. The fraction of sp³-hybridized carbons (Fsp3) is 0. The molecule has 0 atom stereocenters. The molecule has 0 bridgehead atoms. The summed E-state index contributed by atoms with van der Waals surface area (Å²) in [5, 5.41) is 10.5. The van der Waals surface area contributed by atoms with Gasteiger partial charge in [0.25, 0.3) is 0 Å². The average molecular weight is 289 g/mol. The summed E-state index contributed by atoms with van der Waals surface area (Å²) in [6.07, 6.45) is 1.80. The summed E-state index contributed by atoms with van der Waals surface area (Å²) in [7, 11) is 0. The highest BCUT2D eigenvalue weighted by Gasteiger charge is 2.07. The number of nitrogens with zero attached hydrogens (tertiary/aromatic N) is 2.